The number of ether oxygens (including phenoxy) is 2. The van der Waals surface area contributed by atoms with Gasteiger partial charge in [-0.15, -0.1) is 0 Å². The lowest BCUT2D eigenvalue weighted by Crippen LogP contribution is -2.58. The molecule has 0 spiro atoms. The van der Waals surface area contributed by atoms with Crippen LogP contribution in [0.2, 0.25) is 0 Å². The lowest BCUT2D eigenvalue weighted by molar-refractivity contribution is -0.149. The van der Waals surface area contributed by atoms with Gasteiger partial charge in [0.25, 0.3) is 0 Å². The minimum atomic E-state index is -2.38. The molecule has 0 radical (unpaired) electrons. The summed E-state index contributed by atoms with van der Waals surface area (Å²) in [5.41, 5.74) is 0.963. The summed E-state index contributed by atoms with van der Waals surface area (Å²) in [6.07, 6.45) is -0.493. The van der Waals surface area contributed by atoms with E-state index in [2.05, 4.69) is 15.6 Å². The molecule has 2 amide bonds. The average molecular weight is 562 g/mol. The molecule has 3 atom stereocenters. The van der Waals surface area contributed by atoms with Crippen LogP contribution in [0.15, 0.2) is 42.6 Å². The average Bonchev–Trinajstić information content (AvgIpc) is 2.84. The summed E-state index contributed by atoms with van der Waals surface area (Å²) in [6.45, 7) is 10.1. The van der Waals surface area contributed by atoms with Crippen LogP contribution < -0.4 is 10.6 Å². The van der Waals surface area contributed by atoms with Crippen LogP contribution in [-0.4, -0.2) is 50.3 Å². The van der Waals surface area contributed by atoms with Crippen molar-refractivity contribution in [3.63, 3.8) is 0 Å². The van der Waals surface area contributed by atoms with Gasteiger partial charge in [-0.25, -0.2) is 14.6 Å². The SMILES string of the molecule is Cc1cc(C[C@H](C(=O)O)C(O)(P=O)C(NC(=O)OCc2ccccc2)C(C)C)cnc1NC(=O)OC(C)(C)C. The number of hydrogen-bond donors (Lipinski definition) is 4. The van der Waals surface area contributed by atoms with Crippen molar-refractivity contribution < 1.29 is 38.6 Å². The molecule has 39 heavy (non-hydrogen) atoms. The summed E-state index contributed by atoms with van der Waals surface area (Å²) >= 11 is 0. The first-order valence-electron chi connectivity index (χ1n) is 12.4. The van der Waals surface area contributed by atoms with Gasteiger partial charge < -0.3 is 25.0 Å². The predicted molar refractivity (Wildman–Crippen MR) is 145 cm³/mol. The Morgan fingerprint density at radius 3 is 2.23 bits per heavy atom. The molecule has 11 nitrogen and oxygen atoms in total. The molecule has 0 bridgehead atoms. The van der Waals surface area contributed by atoms with Crippen LogP contribution in [0.25, 0.3) is 0 Å². The van der Waals surface area contributed by atoms with Crippen LogP contribution in [0.3, 0.4) is 0 Å². The number of carboxylic acids is 1. The minimum Gasteiger partial charge on any atom is -0.481 e. The van der Waals surface area contributed by atoms with Crippen molar-refractivity contribution in [1.29, 1.82) is 0 Å². The largest absolute Gasteiger partial charge is 0.481 e. The van der Waals surface area contributed by atoms with E-state index in [9.17, 15) is 29.2 Å². The third-order valence-corrected chi connectivity index (χ3v) is 6.64. The smallest absolute Gasteiger partial charge is 0.413 e. The molecule has 2 unspecified atom stereocenters. The first-order valence-corrected chi connectivity index (χ1v) is 13.2. The summed E-state index contributed by atoms with van der Waals surface area (Å²) in [6, 6.07) is 9.30. The van der Waals surface area contributed by atoms with Gasteiger partial charge in [0.15, 0.2) is 13.8 Å². The summed E-state index contributed by atoms with van der Waals surface area (Å²) in [7, 11) is -0.889. The Hall–Kier alpha value is -3.56. The van der Waals surface area contributed by atoms with E-state index in [1.54, 1.807) is 71.9 Å². The topological polar surface area (TPSA) is 164 Å². The van der Waals surface area contributed by atoms with Crippen molar-refractivity contribution in [2.45, 2.75) is 71.6 Å². The highest BCUT2D eigenvalue weighted by Gasteiger charge is 2.51. The summed E-state index contributed by atoms with van der Waals surface area (Å²) in [5.74, 6) is -3.30. The molecule has 0 aliphatic heterocycles. The third-order valence-electron chi connectivity index (χ3n) is 5.76. The normalized spacial score (nSPS) is 14.7. The van der Waals surface area contributed by atoms with Crippen LogP contribution in [0.5, 0.6) is 0 Å². The fraction of sp³-hybridized carbons (Fsp3) is 0.481. The van der Waals surface area contributed by atoms with Crippen LogP contribution in [0.4, 0.5) is 15.4 Å². The highest BCUT2D eigenvalue weighted by atomic mass is 31.1. The van der Waals surface area contributed by atoms with Gasteiger partial charge in [0.2, 0.25) is 0 Å². The van der Waals surface area contributed by atoms with Crippen molar-refractivity contribution in [2.24, 2.45) is 11.8 Å². The second-order valence-corrected chi connectivity index (χ2v) is 11.4. The van der Waals surface area contributed by atoms with Gasteiger partial charge in [0.05, 0.1) is 6.04 Å². The van der Waals surface area contributed by atoms with Gasteiger partial charge in [-0.05, 0) is 56.7 Å². The van der Waals surface area contributed by atoms with Crippen LogP contribution >= 0.6 is 8.46 Å². The van der Waals surface area contributed by atoms with E-state index in [0.717, 1.165) is 5.56 Å². The van der Waals surface area contributed by atoms with Crippen LogP contribution in [0, 0.1) is 18.8 Å². The summed E-state index contributed by atoms with van der Waals surface area (Å²) in [4.78, 5) is 41.2. The van der Waals surface area contributed by atoms with E-state index in [1.807, 2.05) is 6.07 Å². The fourth-order valence-corrected chi connectivity index (χ4v) is 4.73. The number of carbonyl (C=O) groups excluding carboxylic acids is 2. The van der Waals surface area contributed by atoms with Crippen molar-refractivity contribution in [3.8, 4) is 0 Å². The number of amides is 2. The summed E-state index contributed by atoms with van der Waals surface area (Å²) in [5, 5.41) is 24.1. The molecule has 2 aromatic rings. The van der Waals surface area contributed by atoms with Crippen molar-refractivity contribution in [3.05, 3.63) is 59.3 Å². The monoisotopic (exact) mass is 561 g/mol. The van der Waals surface area contributed by atoms with Gasteiger partial charge >= 0.3 is 18.2 Å². The fourth-order valence-electron chi connectivity index (χ4n) is 3.92. The highest BCUT2D eigenvalue weighted by Crippen LogP contribution is 2.38. The van der Waals surface area contributed by atoms with Crippen LogP contribution in [0.1, 0.15) is 51.3 Å². The molecule has 1 aromatic carbocycles. The Labute approximate surface area is 229 Å². The second kappa shape index (κ2) is 13.5. The van der Waals surface area contributed by atoms with E-state index in [4.69, 9.17) is 9.47 Å². The number of carboxylic acid groups (broad SMARTS) is 1. The molecular weight excluding hydrogens is 525 g/mol. The van der Waals surface area contributed by atoms with Crippen molar-refractivity contribution >= 4 is 32.4 Å². The molecule has 1 heterocycles. The van der Waals surface area contributed by atoms with Gasteiger partial charge in [0.1, 0.15) is 23.9 Å². The standard InChI is InChI=1S/C27H36N3O8P/c1-16(2)21(29-24(33)37-15-18-10-8-7-9-11-18)27(35,39-36)20(23(31)32)13-19-12-17(3)22(28-14-19)30-25(34)38-26(4,5)6/h7-12,14,16,20-21,35H,13,15H2,1-6H3,(H,29,33)(H,31,32)(H,28,30,34)/t20-,21?,27?/m1/s1. The number of nitrogens with one attached hydrogen (secondary N) is 2. The zero-order valence-electron chi connectivity index (χ0n) is 22.9. The van der Waals surface area contributed by atoms with E-state index >= 15 is 0 Å². The first kappa shape index (κ1) is 31.7. The Kier molecular flexibility index (Phi) is 10.9. The van der Waals surface area contributed by atoms with Crippen molar-refractivity contribution in [2.75, 3.05) is 5.32 Å². The molecular formula is C27H36N3O8P. The zero-order valence-corrected chi connectivity index (χ0v) is 23.8. The molecule has 1 aromatic heterocycles. The number of aromatic nitrogens is 1. The molecule has 0 fully saturated rings. The number of alkyl carbamates (subject to hydrolysis) is 1. The maximum atomic E-state index is 12.5. The molecule has 0 aliphatic carbocycles. The van der Waals surface area contributed by atoms with Crippen molar-refractivity contribution in [1.82, 2.24) is 10.3 Å². The number of pyridine rings is 1. The molecule has 212 valence electrons. The minimum absolute atomic E-state index is 0.0397. The number of nitrogens with zero attached hydrogens (tertiary/aromatic N) is 1. The van der Waals surface area contributed by atoms with Gasteiger partial charge in [-0.1, -0.05) is 50.2 Å². The zero-order chi connectivity index (χ0) is 29.4. The molecule has 12 heteroatoms. The quantitative estimate of drug-likeness (QED) is 0.279. The van der Waals surface area contributed by atoms with E-state index < -0.39 is 55.4 Å². The van der Waals surface area contributed by atoms with Crippen LogP contribution in [-0.2, 0) is 31.9 Å². The highest BCUT2D eigenvalue weighted by molar-refractivity contribution is 7.25. The number of rotatable bonds is 11. The molecule has 0 saturated heterocycles. The third kappa shape index (κ3) is 9.30. The van der Waals surface area contributed by atoms with Gasteiger partial charge in [-0.2, -0.15) is 0 Å². The lowest BCUT2D eigenvalue weighted by atomic mass is 9.84. The number of aliphatic carboxylic acids is 1. The number of hydrogen-bond acceptors (Lipinski definition) is 8. The first-order chi connectivity index (χ1) is 18.2. The Bertz CT molecular complexity index is 1170. The van der Waals surface area contributed by atoms with E-state index in [1.165, 1.54) is 6.20 Å². The second-order valence-electron chi connectivity index (χ2n) is 10.5. The van der Waals surface area contributed by atoms with Gasteiger partial charge in [0, 0.05) is 6.20 Å². The lowest BCUT2D eigenvalue weighted by Gasteiger charge is -2.37. The molecule has 0 saturated carbocycles. The van der Waals surface area contributed by atoms with E-state index in [-0.39, 0.29) is 18.8 Å². The maximum Gasteiger partial charge on any atom is 0.413 e. The number of anilines is 1. The molecule has 4 N–H and O–H groups in total. The Morgan fingerprint density at radius 2 is 1.72 bits per heavy atom. The Morgan fingerprint density at radius 1 is 1.08 bits per heavy atom. The number of aryl methyl sites for hydroxylation is 1. The predicted octanol–water partition coefficient (Wildman–Crippen LogP) is 4.91. The number of carbonyl (C=O) groups is 3. The van der Waals surface area contributed by atoms with Gasteiger partial charge in [-0.3, -0.25) is 14.7 Å². The number of benzene rings is 1. The molecule has 2 rings (SSSR count). The van der Waals surface area contributed by atoms with E-state index in [0.29, 0.717) is 11.1 Å². The molecule has 0 aliphatic rings. The summed E-state index contributed by atoms with van der Waals surface area (Å²) < 4.78 is 22.8. The maximum absolute atomic E-state index is 12.5. The number of aliphatic hydroxyl groups is 1. The Balaban J connectivity index is 2.23.